The SMILES string of the molecule is Cc1cc(/C=C/C(=O)O)cnc1Oc1ccc(I)cc1. The van der Waals surface area contributed by atoms with Gasteiger partial charge in [-0.1, -0.05) is 0 Å². The molecule has 0 amide bonds. The lowest BCUT2D eigenvalue weighted by molar-refractivity contribution is -0.131. The number of rotatable bonds is 4. The fourth-order valence-corrected chi connectivity index (χ4v) is 1.92. The van der Waals surface area contributed by atoms with E-state index >= 15 is 0 Å². The second-order valence-corrected chi connectivity index (χ2v) is 5.36. The molecule has 0 saturated heterocycles. The van der Waals surface area contributed by atoms with Crippen LogP contribution >= 0.6 is 22.6 Å². The maximum atomic E-state index is 10.5. The smallest absolute Gasteiger partial charge is 0.328 e. The standard InChI is InChI=1S/C15H12INO3/c1-10-8-11(2-7-14(18)19)9-17-15(10)20-13-5-3-12(16)4-6-13/h2-9H,1H3,(H,18,19)/b7-2+. The number of nitrogens with zero attached hydrogens (tertiary/aromatic N) is 1. The quantitative estimate of drug-likeness (QED) is 0.645. The Morgan fingerprint density at radius 2 is 2.05 bits per heavy atom. The fraction of sp³-hybridized carbons (Fsp3) is 0.0667. The maximum absolute atomic E-state index is 10.5. The van der Waals surface area contributed by atoms with E-state index in [1.807, 2.05) is 37.3 Å². The summed E-state index contributed by atoms with van der Waals surface area (Å²) in [5.41, 5.74) is 1.57. The van der Waals surface area contributed by atoms with Gasteiger partial charge in [-0.2, -0.15) is 0 Å². The van der Waals surface area contributed by atoms with Gasteiger partial charge >= 0.3 is 5.97 Å². The Bertz CT molecular complexity index is 651. The van der Waals surface area contributed by atoms with E-state index in [2.05, 4.69) is 27.6 Å². The second-order valence-electron chi connectivity index (χ2n) is 4.12. The van der Waals surface area contributed by atoms with Crippen molar-refractivity contribution in [3.8, 4) is 11.6 Å². The minimum absolute atomic E-state index is 0.513. The van der Waals surface area contributed by atoms with E-state index in [4.69, 9.17) is 9.84 Å². The zero-order chi connectivity index (χ0) is 14.5. The maximum Gasteiger partial charge on any atom is 0.328 e. The minimum atomic E-state index is -0.984. The average molecular weight is 381 g/mol. The fourth-order valence-electron chi connectivity index (χ4n) is 1.56. The molecule has 0 radical (unpaired) electrons. The zero-order valence-electron chi connectivity index (χ0n) is 10.7. The zero-order valence-corrected chi connectivity index (χ0v) is 12.9. The molecule has 0 unspecified atom stereocenters. The third-order valence-corrected chi connectivity index (χ3v) is 3.22. The summed E-state index contributed by atoms with van der Waals surface area (Å²) in [6.45, 7) is 1.87. The molecule has 0 atom stereocenters. The average Bonchev–Trinajstić information content (AvgIpc) is 2.41. The first kappa shape index (κ1) is 14.5. The van der Waals surface area contributed by atoms with E-state index in [1.54, 1.807) is 6.20 Å². The molecule has 0 saturated carbocycles. The molecular formula is C15H12INO3. The number of carbonyl (C=O) groups is 1. The van der Waals surface area contributed by atoms with Crippen LogP contribution < -0.4 is 4.74 Å². The Labute approximate surface area is 130 Å². The third kappa shape index (κ3) is 4.06. The van der Waals surface area contributed by atoms with E-state index < -0.39 is 5.97 Å². The summed E-state index contributed by atoms with van der Waals surface area (Å²) < 4.78 is 6.82. The number of halogens is 1. The lowest BCUT2D eigenvalue weighted by atomic mass is 10.2. The molecule has 1 heterocycles. The number of aromatic nitrogens is 1. The van der Waals surface area contributed by atoms with Crippen LogP contribution in [0.5, 0.6) is 11.6 Å². The first-order valence-corrected chi connectivity index (χ1v) is 6.93. The molecule has 1 aromatic carbocycles. The van der Waals surface area contributed by atoms with Crippen molar-refractivity contribution >= 4 is 34.6 Å². The highest BCUT2D eigenvalue weighted by molar-refractivity contribution is 14.1. The Kier molecular flexibility index (Phi) is 4.73. The summed E-state index contributed by atoms with van der Waals surface area (Å²) in [5, 5.41) is 8.58. The molecule has 0 aliphatic heterocycles. The van der Waals surface area contributed by atoms with Gasteiger partial charge in [-0.25, -0.2) is 9.78 Å². The van der Waals surface area contributed by atoms with Gasteiger partial charge in [0, 0.05) is 21.4 Å². The van der Waals surface area contributed by atoms with E-state index in [9.17, 15) is 4.79 Å². The first-order chi connectivity index (χ1) is 9.54. The number of aliphatic carboxylic acids is 1. The molecule has 2 aromatic rings. The van der Waals surface area contributed by atoms with E-state index in [1.165, 1.54) is 6.08 Å². The summed E-state index contributed by atoms with van der Waals surface area (Å²) >= 11 is 2.23. The van der Waals surface area contributed by atoms with Crippen LogP contribution in [-0.4, -0.2) is 16.1 Å². The van der Waals surface area contributed by atoms with Crippen molar-refractivity contribution in [1.82, 2.24) is 4.98 Å². The van der Waals surface area contributed by atoms with Gasteiger partial charge < -0.3 is 9.84 Å². The van der Waals surface area contributed by atoms with Crippen LogP contribution in [0.15, 0.2) is 42.6 Å². The van der Waals surface area contributed by atoms with E-state index in [0.717, 1.165) is 26.5 Å². The largest absolute Gasteiger partial charge is 0.478 e. The number of carboxylic acids is 1. The highest BCUT2D eigenvalue weighted by Gasteiger charge is 2.04. The topological polar surface area (TPSA) is 59.4 Å². The lowest BCUT2D eigenvalue weighted by Gasteiger charge is -2.08. The van der Waals surface area contributed by atoms with E-state index in [0.29, 0.717) is 5.88 Å². The summed E-state index contributed by atoms with van der Waals surface area (Å²) in [7, 11) is 0. The summed E-state index contributed by atoms with van der Waals surface area (Å²) in [4.78, 5) is 14.7. The van der Waals surface area contributed by atoms with Crippen LogP contribution in [0.4, 0.5) is 0 Å². The lowest BCUT2D eigenvalue weighted by Crippen LogP contribution is -1.92. The van der Waals surface area contributed by atoms with Crippen molar-refractivity contribution in [2.75, 3.05) is 0 Å². The Hall–Kier alpha value is -1.89. The summed E-state index contributed by atoms with van der Waals surface area (Å²) in [6, 6.07) is 9.49. The summed E-state index contributed by atoms with van der Waals surface area (Å²) in [6.07, 6.45) is 4.15. The van der Waals surface area contributed by atoms with Crippen LogP contribution in [0.3, 0.4) is 0 Å². The number of hydrogen-bond donors (Lipinski definition) is 1. The van der Waals surface area contributed by atoms with Crippen molar-refractivity contribution in [2.24, 2.45) is 0 Å². The Balaban J connectivity index is 2.17. The molecule has 0 aliphatic carbocycles. The molecule has 0 fully saturated rings. The monoisotopic (exact) mass is 381 g/mol. The predicted octanol–water partition coefficient (Wildman–Crippen LogP) is 3.88. The molecule has 0 aliphatic rings. The highest BCUT2D eigenvalue weighted by Crippen LogP contribution is 2.24. The van der Waals surface area contributed by atoms with Gasteiger partial charge in [0.15, 0.2) is 0 Å². The van der Waals surface area contributed by atoms with Crippen molar-refractivity contribution < 1.29 is 14.6 Å². The van der Waals surface area contributed by atoms with Gasteiger partial charge in [-0.05, 0) is 71.5 Å². The van der Waals surface area contributed by atoms with E-state index in [-0.39, 0.29) is 0 Å². The van der Waals surface area contributed by atoms with Crippen molar-refractivity contribution in [1.29, 1.82) is 0 Å². The van der Waals surface area contributed by atoms with Crippen LogP contribution in [0, 0.1) is 10.5 Å². The molecule has 102 valence electrons. The molecule has 0 spiro atoms. The van der Waals surface area contributed by atoms with Crippen LogP contribution in [0.25, 0.3) is 6.08 Å². The Morgan fingerprint density at radius 1 is 1.35 bits per heavy atom. The van der Waals surface area contributed by atoms with Gasteiger partial charge in [-0.3, -0.25) is 0 Å². The van der Waals surface area contributed by atoms with Gasteiger partial charge in [-0.15, -0.1) is 0 Å². The predicted molar refractivity (Wildman–Crippen MR) is 84.9 cm³/mol. The molecule has 20 heavy (non-hydrogen) atoms. The van der Waals surface area contributed by atoms with Crippen LogP contribution in [0.2, 0.25) is 0 Å². The first-order valence-electron chi connectivity index (χ1n) is 5.85. The second kappa shape index (κ2) is 6.51. The third-order valence-electron chi connectivity index (χ3n) is 2.50. The normalized spacial score (nSPS) is 10.7. The van der Waals surface area contributed by atoms with Crippen molar-refractivity contribution in [3.05, 3.63) is 57.3 Å². The summed E-state index contributed by atoms with van der Waals surface area (Å²) in [5.74, 6) is 0.246. The number of pyridine rings is 1. The van der Waals surface area contributed by atoms with Gasteiger partial charge in [0.1, 0.15) is 5.75 Å². The number of aryl methyl sites for hydroxylation is 1. The van der Waals surface area contributed by atoms with Crippen molar-refractivity contribution in [3.63, 3.8) is 0 Å². The molecule has 0 bridgehead atoms. The molecule has 4 nitrogen and oxygen atoms in total. The van der Waals surface area contributed by atoms with Gasteiger partial charge in [0.05, 0.1) is 0 Å². The van der Waals surface area contributed by atoms with Gasteiger partial charge in [0.25, 0.3) is 0 Å². The molecule has 1 aromatic heterocycles. The number of hydrogen-bond acceptors (Lipinski definition) is 3. The van der Waals surface area contributed by atoms with Crippen LogP contribution in [-0.2, 0) is 4.79 Å². The number of carboxylic acid groups (broad SMARTS) is 1. The van der Waals surface area contributed by atoms with Crippen molar-refractivity contribution in [2.45, 2.75) is 6.92 Å². The molecule has 2 rings (SSSR count). The highest BCUT2D eigenvalue weighted by atomic mass is 127. The minimum Gasteiger partial charge on any atom is -0.478 e. The molecule has 5 heteroatoms. The number of benzene rings is 1. The van der Waals surface area contributed by atoms with Gasteiger partial charge in [0.2, 0.25) is 5.88 Å². The molecular weight excluding hydrogens is 369 g/mol. The molecule has 1 N–H and O–H groups in total. The Morgan fingerprint density at radius 3 is 2.65 bits per heavy atom. The van der Waals surface area contributed by atoms with Crippen LogP contribution in [0.1, 0.15) is 11.1 Å². The number of ether oxygens (including phenoxy) is 1.